The van der Waals surface area contributed by atoms with Crippen LogP contribution in [-0.2, 0) is 21.9 Å². The molecule has 0 unspecified atom stereocenters. The van der Waals surface area contributed by atoms with Gasteiger partial charge in [0.2, 0.25) is 0 Å². The Morgan fingerprint density at radius 2 is 1.94 bits per heavy atom. The third-order valence-corrected chi connectivity index (χ3v) is 7.09. The fraction of sp³-hybridized carbons (Fsp3) is 0.375. The van der Waals surface area contributed by atoms with Crippen molar-refractivity contribution in [2.75, 3.05) is 18.5 Å². The van der Waals surface area contributed by atoms with Gasteiger partial charge in [-0.2, -0.15) is 5.26 Å². The molecule has 1 saturated carbocycles. The van der Waals surface area contributed by atoms with Crippen molar-refractivity contribution in [3.05, 3.63) is 58.5 Å². The van der Waals surface area contributed by atoms with E-state index in [2.05, 4.69) is 32.3 Å². The minimum Gasteiger partial charge on any atom is -0.350 e. The Hall–Kier alpha value is -2.73. The minimum atomic E-state index is -0.662. The van der Waals surface area contributed by atoms with Crippen LogP contribution >= 0.6 is 15.9 Å². The molecule has 1 aliphatic carbocycles. The van der Waals surface area contributed by atoms with E-state index in [1.165, 1.54) is 0 Å². The summed E-state index contributed by atoms with van der Waals surface area (Å²) < 4.78 is 14.4. The predicted octanol–water partition coefficient (Wildman–Crippen LogP) is 4.67. The van der Waals surface area contributed by atoms with E-state index >= 15 is 0 Å². The molecule has 1 spiro atoms. The Balaban J connectivity index is 1.33. The van der Waals surface area contributed by atoms with Gasteiger partial charge in [0, 0.05) is 41.5 Å². The van der Waals surface area contributed by atoms with Crippen LogP contribution in [0, 0.1) is 11.3 Å². The van der Waals surface area contributed by atoms with E-state index in [0.29, 0.717) is 50.1 Å². The first kappa shape index (κ1) is 21.1. The molecule has 1 aromatic carbocycles. The molecular formula is C24H23BrN4O3. The van der Waals surface area contributed by atoms with E-state index in [-0.39, 0.29) is 5.91 Å². The standard InChI is InChI=1S/C24H23BrN4O3/c1-29-14-19(18-12-16(25)2-4-20(18)29)22(30)28-17-3-5-21(27-13-17)23(15-26)6-8-24(9-7-23)31-10-11-32-24/h2-5,12-14H,6-11H2,1H3,(H,28,30). The summed E-state index contributed by atoms with van der Waals surface area (Å²) >= 11 is 3.48. The van der Waals surface area contributed by atoms with Crippen LogP contribution in [0.15, 0.2) is 47.2 Å². The number of aryl methyl sites for hydroxylation is 1. The molecule has 32 heavy (non-hydrogen) atoms. The summed E-state index contributed by atoms with van der Waals surface area (Å²) in [6.45, 7) is 1.22. The Morgan fingerprint density at radius 3 is 2.59 bits per heavy atom. The van der Waals surface area contributed by atoms with Gasteiger partial charge in [0.25, 0.3) is 5.91 Å². The monoisotopic (exact) mass is 494 g/mol. The molecule has 3 heterocycles. The lowest BCUT2D eigenvalue weighted by molar-refractivity contribution is -0.182. The Labute approximate surface area is 194 Å². The number of benzene rings is 1. The second-order valence-corrected chi connectivity index (χ2v) is 9.42. The van der Waals surface area contributed by atoms with Gasteiger partial charge < -0.3 is 19.4 Å². The fourth-order valence-electron chi connectivity index (χ4n) is 4.76. The van der Waals surface area contributed by atoms with E-state index in [1.807, 2.05) is 48.1 Å². The van der Waals surface area contributed by atoms with Gasteiger partial charge in [-0.05, 0) is 43.2 Å². The van der Waals surface area contributed by atoms with Gasteiger partial charge >= 0.3 is 0 Å². The highest BCUT2D eigenvalue weighted by molar-refractivity contribution is 9.10. The maximum absolute atomic E-state index is 13.0. The van der Waals surface area contributed by atoms with E-state index < -0.39 is 11.2 Å². The molecular weight excluding hydrogens is 472 g/mol. The molecule has 164 valence electrons. The number of anilines is 1. The van der Waals surface area contributed by atoms with Gasteiger partial charge in [0.1, 0.15) is 0 Å². The lowest BCUT2D eigenvalue weighted by atomic mass is 9.70. The number of halogens is 1. The van der Waals surface area contributed by atoms with E-state index in [0.717, 1.165) is 21.1 Å². The molecule has 3 aromatic rings. The number of pyridine rings is 1. The summed E-state index contributed by atoms with van der Waals surface area (Å²) in [6.07, 6.45) is 6.07. The molecule has 5 rings (SSSR count). The predicted molar refractivity (Wildman–Crippen MR) is 123 cm³/mol. The smallest absolute Gasteiger partial charge is 0.257 e. The molecule has 1 aliphatic heterocycles. The number of fused-ring (bicyclic) bond motifs is 1. The third-order valence-electron chi connectivity index (χ3n) is 6.60. The summed E-state index contributed by atoms with van der Waals surface area (Å²) in [5, 5.41) is 13.8. The van der Waals surface area contributed by atoms with Crippen LogP contribution in [0.4, 0.5) is 5.69 Å². The molecule has 0 bridgehead atoms. The number of carbonyl (C=O) groups is 1. The fourth-order valence-corrected chi connectivity index (χ4v) is 5.12. The largest absolute Gasteiger partial charge is 0.350 e. The zero-order chi connectivity index (χ0) is 22.3. The number of rotatable bonds is 3. The van der Waals surface area contributed by atoms with Crippen molar-refractivity contribution >= 4 is 38.4 Å². The minimum absolute atomic E-state index is 0.201. The normalized spacial score (nSPS) is 19.2. The maximum atomic E-state index is 13.0. The molecule has 1 N–H and O–H groups in total. The Bertz CT molecular complexity index is 1210. The average molecular weight is 495 g/mol. The summed E-state index contributed by atoms with van der Waals surface area (Å²) in [7, 11) is 1.92. The molecule has 2 aromatic heterocycles. The lowest BCUT2D eigenvalue weighted by Gasteiger charge is -2.39. The number of aromatic nitrogens is 2. The van der Waals surface area contributed by atoms with Gasteiger partial charge in [0.15, 0.2) is 5.79 Å². The third kappa shape index (κ3) is 3.60. The number of nitrogens with zero attached hydrogens (tertiary/aromatic N) is 3. The van der Waals surface area contributed by atoms with Gasteiger partial charge in [-0.3, -0.25) is 9.78 Å². The van der Waals surface area contributed by atoms with Gasteiger partial charge in [-0.15, -0.1) is 0 Å². The van der Waals surface area contributed by atoms with Crippen LogP contribution in [-0.4, -0.2) is 34.5 Å². The number of nitriles is 1. The van der Waals surface area contributed by atoms with Crippen LogP contribution in [0.25, 0.3) is 10.9 Å². The van der Waals surface area contributed by atoms with Crippen LogP contribution in [0.5, 0.6) is 0 Å². The highest BCUT2D eigenvalue weighted by atomic mass is 79.9. The van der Waals surface area contributed by atoms with Crippen molar-refractivity contribution in [2.45, 2.75) is 36.9 Å². The van der Waals surface area contributed by atoms with Crippen molar-refractivity contribution in [1.29, 1.82) is 5.26 Å². The second kappa shape index (κ2) is 8.00. The Morgan fingerprint density at radius 1 is 1.19 bits per heavy atom. The quantitative estimate of drug-likeness (QED) is 0.571. The van der Waals surface area contributed by atoms with Crippen LogP contribution in [0.1, 0.15) is 41.7 Å². The van der Waals surface area contributed by atoms with Crippen molar-refractivity contribution in [3.63, 3.8) is 0 Å². The number of hydrogen-bond donors (Lipinski definition) is 1. The first-order valence-electron chi connectivity index (χ1n) is 10.7. The number of hydrogen-bond acceptors (Lipinski definition) is 5. The first-order valence-corrected chi connectivity index (χ1v) is 11.4. The summed E-state index contributed by atoms with van der Waals surface area (Å²) in [4.78, 5) is 17.5. The molecule has 2 fully saturated rings. The lowest BCUT2D eigenvalue weighted by Crippen LogP contribution is -2.41. The summed E-state index contributed by atoms with van der Waals surface area (Å²) in [5.41, 5.74) is 2.22. The van der Waals surface area contributed by atoms with Crippen molar-refractivity contribution in [3.8, 4) is 6.07 Å². The molecule has 8 heteroatoms. The van der Waals surface area contributed by atoms with Crippen LogP contribution in [0.3, 0.4) is 0 Å². The summed E-state index contributed by atoms with van der Waals surface area (Å²) in [5.74, 6) is -0.727. The van der Waals surface area contributed by atoms with Crippen LogP contribution in [0.2, 0.25) is 0 Å². The van der Waals surface area contributed by atoms with Gasteiger partial charge in [-0.25, -0.2) is 0 Å². The molecule has 0 atom stereocenters. The molecule has 7 nitrogen and oxygen atoms in total. The number of nitrogens with one attached hydrogen (secondary N) is 1. The second-order valence-electron chi connectivity index (χ2n) is 8.50. The number of ether oxygens (including phenoxy) is 2. The maximum Gasteiger partial charge on any atom is 0.257 e. The van der Waals surface area contributed by atoms with E-state index in [4.69, 9.17) is 9.47 Å². The molecule has 0 radical (unpaired) electrons. The highest BCUT2D eigenvalue weighted by Crippen LogP contribution is 2.45. The zero-order valence-corrected chi connectivity index (χ0v) is 19.3. The van der Waals surface area contributed by atoms with Crippen molar-refractivity contribution < 1.29 is 14.3 Å². The Kier molecular flexibility index (Phi) is 5.28. The molecule has 1 saturated heterocycles. The van der Waals surface area contributed by atoms with Crippen molar-refractivity contribution in [2.24, 2.45) is 7.05 Å². The van der Waals surface area contributed by atoms with Crippen molar-refractivity contribution in [1.82, 2.24) is 9.55 Å². The SMILES string of the molecule is Cn1cc(C(=O)Nc2ccc(C3(C#N)CCC4(CC3)OCCO4)nc2)c2cc(Br)ccc21. The topological polar surface area (TPSA) is 89.2 Å². The van der Waals surface area contributed by atoms with Gasteiger partial charge in [-0.1, -0.05) is 15.9 Å². The van der Waals surface area contributed by atoms with Gasteiger partial charge in [0.05, 0.1) is 47.8 Å². The summed E-state index contributed by atoms with van der Waals surface area (Å²) in [6, 6.07) is 12.0. The zero-order valence-electron chi connectivity index (χ0n) is 17.7. The first-order chi connectivity index (χ1) is 15.4. The van der Waals surface area contributed by atoms with E-state index in [9.17, 15) is 10.1 Å². The molecule has 2 aliphatic rings. The number of amides is 1. The average Bonchev–Trinajstić information content (AvgIpc) is 3.39. The number of carbonyl (C=O) groups excluding carboxylic acids is 1. The molecule has 1 amide bonds. The highest BCUT2D eigenvalue weighted by Gasteiger charge is 2.48. The van der Waals surface area contributed by atoms with Crippen LogP contribution < -0.4 is 5.32 Å². The van der Waals surface area contributed by atoms with E-state index in [1.54, 1.807) is 6.20 Å².